The SMILES string of the molecule is CCCCC1CCC(CCOCCC)(C(=O)O)CC1. The summed E-state index contributed by atoms with van der Waals surface area (Å²) >= 11 is 0. The Morgan fingerprint density at radius 2 is 1.89 bits per heavy atom. The Kier molecular flexibility index (Phi) is 7.44. The van der Waals surface area contributed by atoms with Gasteiger partial charge in [0, 0.05) is 13.2 Å². The quantitative estimate of drug-likeness (QED) is 0.637. The lowest BCUT2D eigenvalue weighted by Gasteiger charge is -2.37. The molecule has 0 aromatic rings. The first-order valence-electron chi connectivity index (χ1n) is 7.95. The van der Waals surface area contributed by atoms with Crippen LogP contribution in [0.4, 0.5) is 0 Å². The lowest BCUT2D eigenvalue weighted by molar-refractivity contribution is -0.153. The second-order valence-electron chi connectivity index (χ2n) is 6.03. The van der Waals surface area contributed by atoms with Gasteiger partial charge in [0.15, 0.2) is 0 Å². The number of hydrogen-bond acceptors (Lipinski definition) is 2. The number of carboxylic acids is 1. The van der Waals surface area contributed by atoms with E-state index in [9.17, 15) is 9.90 Å². The molecule has 0 unspecified atom stereocenters. The van der Waals surface area contributed by atoms with Crippen molar-refractivity contribution < 1.29 is 14.6 Å². The minimum absolute atomic E-state index is 0.504. The first-order valence-corrected chi connectivity index (χ1v) is 7.95. The predicted molar refractivity (Wildman–Crippen MR) is 77.3 cm³/mol. The van der Waals surface area contributed by atoms with Gasteiger partial charge in [-0.05, 0) is 44.4 Å². The molecule has 1 fully saturated rings. The smallest absolute Gasteiger partial charge is 0.309 e. The van der Waals surface area contributed by atoms with E-state index in [0.717, 1.165) is 44.6 Å². The molecular formula is C16H30O3. The highest BCUT2D eigenvalue weighted by Crippen LogP contribution is 2.43. The second kappa shape index (κ2) is 8.57. The third-order valence-corrected chi connectivity index (χ3v) is 4.56. The van der Waals surface area contributed by atoms with Crippen LogP contribution in [0.3, 0.4) is 0 Å². The molecule has 0 aliphatic heterocycles. The number of carbonyl (C=O) groups is 1. The van der Waals surface area contributed by atoms with Crippen molar-refractivity contribution >= 4 is 5.97 Å². The zero-order valence-electron chi connectivity index (χ0n) is 12.6. The summed E-state index contributed by atoms with van der Waals surface area (Å²) in [7, 11) is 0. The van der Waals surface area contributed by atoms with Crippen LogP contribution in [0.1, 0.15) is 71.6 Å². The number of ether oxygens (including phenoxy) is 1. The first kappa shape index (κ1) is 16.5. The van der Waals surface area contributed by atoms with E-state index >= 15 is 0 Å². The molecule has 3 heteroatoms. The van der Waals surface area contributed by atoms with E-state index < -0.39 is 11.4 Å². The zero-order valence-corrected chi connectivity index (χ0v) is 12.6. The normalized spacial score (nSPS) is 27.4. The summed E-state index contributed by atoms with van der Waals surface area (Å²) in [4.78, 5) is 11.6. The molecule has 0 saturated heterocycles. The third kappa shape index (κ3) is 5.13. The van der Waals surface area contributed by atoms with Gasteiger partial charge < -0.3 is 9.84 Å². The van der Waals surface area contributed by atoms with Crippen LogP contribution in [0.25, 0.3) is 0 Å². The van der Waals surface area contributed by atoms with Crippen molar-refractivity contribution in [1.82, 2.24) is 0 Å². The maximum absolute atomic E-state index is 11.6. The summed E-state index contributed by atoms with van der Waals surface area (Å²) in [6, 6.07) is 0. The van der Waals surface area contributed by atoms with Crippen LogP contribution in [0.5, 0.6) is 0 Å². The number of rotatable bonds is 9. The summed E-state index contributed by atoms with van der Waals surface area (Å²) in [6.07, 6.45) is 9.33. The lowest BCUT2D eigenvalue weighted by Crippen LogP contribution is -2.36. The van der Waals surface area contributed by atoms with Gasteiger partial charge in [0.05, 0.1) is 5.41 Å². The molecule has 0 amide bonds. The van der Waals surface area contributed by atoms with E-state index in [4.69, 9.17) is 4.74 Å². The first-order chi connectivity index (χ1) is 9.14. The predicted octanol–water partition coefficient (Wildman–Crippen LogP) is 4.25. The lowest BCUT2D eigenvalue weighted by atomic mass is 9.68. The van der Waals surface area contributed by atoms with Crippen LogP contribution >= 0.6 is 0 Å². The van der Waals surface area contributed by atoms with Crippen molar-refractivity contribution in [2.24, 2.45) is 11.3 Å². The average Bonchev–Trinajstić information content (AvgIpc) is 2.42. The van der Waals surface area contributed by atoms with Crippen LogP contribution in [-0.4, -0.2) is 24.3 Å². The fraction of sp³-hybridized carbons (Fsp3) is 0.938. The van der Waals surface area contributed by atoms with Crippen molar-refractivity contribution in [2.75, 3.05) is 13.2 Å². The number of unbranched alkanes of at least 4 members (excludes halogenated alkanes) is 1. The van der Waals surface area contributed by atoms with Crippen LogP contribution in [0.15, 0.2) is 0 Å². The standard InChI is InChI=1S/C16H30O3/c1-3-5-6-14-7-9-16(10-8-14,15(17)18)11-13-19-12-4-2/h14H,3-13H2,1-2H3,(H,17,18). The Morgan fingerprint density at radius 3 is 2.42 bits per heavy atom. The molecule has 19 heavy (non-hydrogen) atoms. The van der Waals surface area contributed by atoms with Gasteiger partial charge in [-0.25, -0.2) is 0 Å². The monoisotopic (exact) mass is 270 g/mol. The highest BCUT2D eigenvalue weighted by molar-refractivity contribution is 5.74. The third-order valence-electron chi connectivity index (χ3n) is 4.56. The summed E-state index contributed by atoms with van der Waals surface area (Å²) in [5.74, 6) is 0.144. The van der Waals surface area contributed by atoms with Gasteiger partial charge in [0.2, 0.25) is 0 Å². The van der Waals surface area contributed by atoms with Gasteiger partial charge in [-0.3, -0.25) is 4.79 Å². The molecule has 0 radical (unpaired) electrons. The fourth-order valence-electron chi connectivity index (χ4n) is 3.10. The van der Waals surface area contributed by atoms with E-state index in [1.54, 1.807) is 0 Å². The minimum atomic E-state index is -0.610. The average molecular weight is 270 g/mol. The molecule has 0 atom stereocenters. The summed E-state index contributed by atoms with van der Waals surface area (Å²) in [5.41, 5.74) is -0.504. The molecule has 0 spiro atoms. The maximum Gasteiger partial charge on any atom is 0.309 e. The van der Waals surface area contributed by atoms with Gasteiger partial charge in [-0.2, -0.15) is 0 Å². The Labute approximate surface area is 117 Å². The van der Waals surface area contributed by atoms with E-state index in [-0.39, 0.29) is 0 Å². The molecule has 0 bridgehead atoms. The van der Waals surface area contributed by atoms with Crippen LogP contribution in [-0.2, 0) is 9.53 Å². The van der Waals surface area contributed by atoms with E-state index in [1.807, 2.05) is 0 Å². The molecule has 112 valence electrons. The molecule has 1 saturated carbocycles. The molecule has 1 N–H and O–H groups in total. The van der Waals surface area contributed by atoms with Gasteiger partial charge in [0.1, 0.15) is 0 Å². The molecule has 3 nitrogen and oxygen atoms in total. The molecule has 1 aliphatic carbocycles. The molecule has 0 heterocycles. The van der Waals surface area contributed by atoms with Crippen molar-refractivity contribution in [3.63, 3.8) is 0 Å². The van der Waals surface area contributed by atoms with Gasteiger partial charge in [-0.15, -0.1) is 0 Å². The molecular weight excluding hydrogens is 240 g/mol. The molecule has 0 aromatic carbocycles. The van der Waals surface area contributed by atoms with Crippen molar-refractivity contribution in [2.45, 2.75) is 71.6 Å². The highest BCUT2D eigenvalue weighted by Gasteiger charge is 2.41. The van der Waals surface area contributed by atoms with E-state index in [1.165, 1.54) is 19.3 Å². The van der Waals surface area contributed by atoms with E-state index in [2.05, 4.69) is 13.8 Å². The zero-order chi connectivity index (χ0) is 14.1. The maximum atomic E-state index is 11.6. The van der Waals surface area contributed by atoms with E-state index in [0.29, 0.717) is 13.0 Å². The van der Waals surface area contributed by atoms with Crippen LogP contribution in [0, 0.1) is 11.3 Å². The Hall–Kier alpha value is -0.570. The fourth-order valence-corrected chi connectivity index (χ4v) is 3.10. The topological polar surface area (TPSA) is 46.5 Å². The summed E-state index contributed by atoms with van der Waals surface area (Å²) in [5, 5.41) is 9.55. The summed E-state index contributed by atoms with van der Waals surface area (Å²) in [6.45, 7) is 5.63. The Balaban J connectivity index is 2.40. The van der Waals surface area contributed by atoms with Crippen molar-refractivity contribution in [1.29, 1.82) is 0 Å². The van der Waals surface area contributed by atoms with Crippen molar-refractivity contribution in [3.8, 4) is 0 Å². The number of aliphatic carboxylic acids is 1. The second-order valence-corrected chi connectivity index (χ2v) is 6.03. The Bertz CT molecular complexity index is 255. The largest absolute Gasteiger partial charge is 0.481 e. The van der Waals surface area contributed by atoms with Gasteiger partial charge in [0.25, 0.3) is 0 Å². The highest BCUT2D eigenvalue weighted by atomic mass is 16.5. The number of hydrogen-bond donors (Lipinski definition) is 1. The molecule has 1 aliphatic rings. The van der Waals surface area contributed by atoms with Crippen LogP contribution < -0.4 is 0 Å². The molecule has 0 aromatic heterocycles. The molecule has 1 rings (SSSR count). The van der Waals surface area contributed by atoms with Gasteiger partial charge >= 0.3 is 5.97 Å². The number of carboxylic acid groups (broad SMARTS) is 1. The van der Waals surface area contributed by atoms with Crippen molar-refractivity contribution in [3.05, 3.63) is 0 Å². The van der Waals surface area contributed by atoms with Gasteiger partial charge in [-0.1, -0.05) is 33.1 Å². The van der Waals surface area contributed by atoms with Crippen LogP contribution in [0.2, 0.25) is 0 Å². The summed E-state index contributed by atoms with van der Waals surface area (Å²) < 4.78 is 5.49. The minimum Gasteiger partial charge on any atom is -0.481 e. The Morgan fingerprint density at radius 1 is 1.21 bits per heavy atom.